The van der Waals surface area contributed by atoms with Crippen LogP contribution in [0.4, 0.5) is 4.39 Å². The van der Waals surface area contributed by atoms with Gasteiger partial charge in [-0.1, -0.05) is 19.8 Å². The van der Waals surface area contributed by atoms with Crippen LogP contribution < -0.4 is 11.1 Å². The number of benzene rings is 1. The standard InChI is InChI=1S/C14H21FN2O/c1-3-4-5-13(9-16)17-14(18)11-6-10(2)7-12(15)8-11/h6-8,13H,3-5,9,16H2,1-2H3,(H,17,18). The molecule has 3 nitrogen and oxygen atoms in total. The van der Waals surface area contributed by atoms with Crippen LogP contribution in [-0.2, 0) is 0 Å². The number of carbonyl (C=O) groups excluding carboxylic acids is 1. The Bertz CT molecular complexity index is 387. The van der Waals surface area contributed by atoms with E-state index in [-0.39, 0.29) is 11.9 Å². The van der Waals surface area contributed by atoms with E-state index in [4.69, 9.17) is 5.73 Å². The molecule has 0 aliphatic heterocycles. The van der Waals surface area contributed by atoms with Gasteiger partial charge in [-0.05, 0) is 37.1 Å². The quantitative estimate of drug-likeness (QED) is 0.816. The van der Waals surface area contributed by atoms with Gasteiger partial charge < -0.3 is 11.1 Å². The van der Waals surface area contributed by atoms with Crippen molar-refractivity contribution >= 4 is 5.91 Å². The maximum Gasteiger partial charge on any atom is 0.251 e. The summed E-state index contributed by atoms with van der Waals surface area (Å²) in [5.41, 5.74) is 6.69. The van der Waals surface area contributed by atoms with Crippen LogP contribution >= 0.6 is 0 Å². The van der Waals surface area contributed by atoms with E-state index in [1.165, 1.54) is 12.1 Å². The molecular weight excluding hydrogens is 231 g/mol. The second kappa shape index (κ2) is 7.11. The lowest BCUT2D eigenvalue weighted by atomic mass is 10.1. The number of halogens is 1. The van der Waals surface area contributed by atoms with Crippen LogP contribution in [0.2, 0.25) is 0 Å². The van der Waals surface area contributed by atoms with Crippen LogP contribution in [0.25, 0.3) is 0 Å². The fourth-order valence-electron chi connectivity index (χ4n) is 1.84. The Morgan fingerprint density at radius 1 is 1.44 bits per heavy atom. The van der Waals surface area contributed by atoms with E-state index in [1.54, 1.807) is 13.0 Å². The Hall–Kier alpha value is -1.42. The van der Waals surface area contributed by atoms with Gasteiger partial charge in [0.15, 0.2) is 0 Å². The number of carbonyl (C=O) groups is 1. The third-order valence-corrected chi connectivity index (χ3v) is 2.83. The minimum Gasteiger partial charge on any atom is -0.348 e. The molecule has 4 heteroatoms. The van der Waals surface area contributed by atoms with E-state index in [0.29, 0.717) is 12.1 Å². The summed E-state index contributed by atoms with van der Waals surface area (Å²) in [5.74, 6) is -0.651. The maximum atomic E-state index is 13.2. The molecule has 0 spiro atoms. The number of hydrogen-bond acceptors (Lipinski definition) is 2. The van der Waals surface area contributed by atoms with Gasteiger partial charge in [0.05, 0.1) is 0 Å². The van der Waals surface area contributed by atoms with E-state index in [0.717, 1.165) is 24.8 Å². The van der Waals surface area contributed by atoms with Crippen molar-refractivity contribution in [2.45, 2.75) is 39.2 Å². The van der Waals surface area contributed by atoms with Gasteiger partial charge in [0.25, 0.3) is 5.91 Å². The third kappa shape index (κ3) is 4.45. The number of rotatable bonds is 6. The number of amides is 1. The normalized spacial score (nSPS) is 12.2. The molecule has 0 radical (unpaired) electrons. The van der Waals surface area contributed by atoms with Crippen LogP contribution in [-0.4, -0.2) is 18.5 Å². The zero-order chi connectivity index (χ0) is 13.5. The van der Waals surface area contributed by atoms with Crippen molar-refractivity contribution in [2.24, 2.45) is 5.73 Å². The Morgan fingerprint density at radius 2 is 2.17 bits per heavy atom. The van der Waals surface area contributed by atoms with Crippen LogP contribution in [0.15, 0.2) is 18.2 Å². The average Bonchev–Trinajstić information content (AvgIpc) is 2.32. The van der Waals surface area contributed by atoms with Crippen LogP contribution in [0, 0.1) is 12.7 Å². The fraction of sp³-hybridized carbons (Fsp3) is 0.500. The molecule has 18 heavy (non-hydrogen) atoms. The molecular formula is C14H21FN2O. The van der Waals surface area contributed by atoms with Crippen LogP contribution in [0.1, 0.15) is 42.1 Å². The molecule has 1 rings (SSSR count). The first-order valence-corrected chi connectivity index (χ1v) is 6.35. The molecule has 1 unspecified atom stereocenters. The summed E-state index contributed by atoms with van der Waals surface area (Å²) >= 11 is 0. The molecule has 0 aliphatic carbocycles. The van der Waals surface area contributed by atoms with Gasteiger partial charge in [0.2, 0.25) is 0 Å². The highest BCUT2D eigenvalue weighted by Gasteiger charge is 2.13. The zero-order valence-corrected chi connectivity index (χ0v) is 11.0. The summed E-state index contributed by atoms with van der Waals surface area (Å²) in [5, 5.41) is 2.84. The summed E-state index contributed by atoms with van der Waals surface area (Å²) < 4.78 is 13.2. The van der Waals surface area contributed by atoms with Crippen LogP contribution in [0.5, 0.6) is 0 Å². The highest BCUT2D eigenvalue weighted by atomic mass is 19.1. The van der Waals surface area contributed by atoms with Crippen LogP contribution in [0.3, 0.4) is 0 Å². The van der Waals surface area contributed by atoms with Gasteiger partial charge in [-0.15, -0.1) is 0 Å². The predicted molar refractivity (Wildman–Crippen MR) is 71.0 cm³/mol. The number of nitrogens with one attached hydrogen (secondary N) is 1. The van der Waals surface area contributed by atoms with Crippen molar-refractivity contribution in [3.63, 3.8) is 0 Å². The highest BCUT2D eigenvalue weighted by molar-refractivity contribution is 5.94. The molecule has 1 aromatic carbocycles. The van der Waals surface area contributed by atoms with Crippen molar-refractivity contribution in [3.8, 4) is 0 Å². The van der Waals surface area contributed by atoms with Crippen molar-refractivity contribution in [1.82, 2.24) is 5.32 Å². The molecule has 0 saturated heterocycles. The molecule has 0 bridgehead atoms. The number of nitrogens with two attached hydrogens (primary N) is 1. The molecule has 0 saturated carbocycles. The number of hydrogen-bond donors (Lipinski definition) is 2. The summed E-state index contributed by atoms with van der Waals surface area (Å²) in [6.45, 7) is 4.25. The SMILES string of the molecule is CCCCC(CN)NC(=O)c1cc(C)cc(F)c1. The molecule has 100 valence electrons. The Balaban J connectivity index is 2.68. The minimum absolute atomic E-state index is 0.0407. The van der Waals surface area contributed by atoms with E-state index in [2.05, 4.69) is 12.2 Å². The first-order valence-electron chi connectivity index (χ1n) is 6.35. The fourth-order valence-corrected chi connectivity index (χ4v) is 1.84. The summed E-state index contributed by atoms with van der Waals surface area (Å²) in [6, 6.07) is 4.27. The van der Waals surface area contributed by atoms with Crippen molar-refractivity contribution < 1.29 is 9.18 Å². The topological polar surface area (TPSA) is 55.1 Å². The van der Waals surface area contributed by atoms with Gasteiger partial charge in [-0.25, -0.2) is 4.39 Å². The van der Waals surface area contributed by atoms with Gasteiger partial charge in [-0.2, -0.15) is 0 Å². The summed E-state index contributed by atoms with van der Waals surface area (Å²) in [7, 11) is 0. The maximum absolute atomic E-state index is 13.2. The van der Waals surface area contributed by atoms with Gasteiger partial charge in [-0.3, -0.25) is 4.79 Å². The highest BCUT2D eigenvalue weighted by Crippen LogP contribution is 2.09. The van der Waals surface area contributed by atoms with E-state index in [9.17, 15) is 9.18 Å². The van der Waals surface area contributed by atoms with Crippen molar-refractivity contribution in [3.05, 3.63) is 35.1 Å². The average molecular weight is 252 g/mol. The smallest absolute Gasteiger partial charge is 0.251 e. The summed E-state index contributed by atoms with van der Waals surface area (Å²) in [4.78, 5) is 11.9. The van der Waals surface area contributed by atoms with Gasteiger partial charge in [0.1, 0.15) is 5.82 Å². The predicted octanol–water partition coefficient (Wildman–Crippen LogP) is 2.38. The lowest BCUT2D eigenvalue weighted by molar-refractivity contribution is 0.0935. The second-order valence-corrected chi connectivity index (χ2v) is 4.57. The van der Waals surface area contributed by atoms with E-state index in [1.807, 2.05) is 0 Å². The van der Waals surface area contributed by atoms with E-state index >= 15 is 0 Å². The molecule has 0 aromatic heterocycles. The lowest BCUT2D eigenvalue weighted by Gasteiger charge is -2.16. The van der Waals surface area contributed by atoms with Crippen molar-refractivity contribution in [1.29, 1.82) is 0 Å². The Kier molecular flexibility index (Phi) is 5.78. The monoisotopic (exact) mass is 252 g/mol. The number of aryl methyl sites for hydroxylation is 1. The minimum atomic E-state index is -0.391. The molecule has 3 N–H and O–H groups in total. The molecule has 0 aliphatic rings. The largest absolute Gasteiger partial charge is 0.348 e. The van der Waals surface area contributed by atoms with E-state index < -0.39 is 5.82 Å². The first kappa shape index (κ1) is 14.6. The zero-order valence-electron chi connectivity index (χ0n) is 11.0. The molecule has 1 atom stereocenters. The summed E-state index contributed by atoms with van der Waals surface area (Å²) in [6.07, 6.45) is 2.93. The molecule has 1 amide bonds. The van der Waals surface area contributed by atoms with Gasteiger partial charge >= 0.3 is 0 Å². The first-order chi connectivity index (χ1) is 8.56. The molecule has 0 fully saturated rings. The van der Waals surface area contributed by atoms with Crippen molar-refractivity contribution in [2.75, 3.05) is 6.54 Å². The molecule has 1 aromatic rings. The Morgan fingerprint density at radius 3 is 2.72 bits per heavy atom. The molecule has 0 heterocycles. The lowest BCUT2D eigenvalue weighted by Crippen LogP contribution is -2.40. The van der Waals surface area contributed by atoms with Gasteiger partial charge in [0, 0.05) is 18.2 Å². The second-order valence-electron chi connectivity index (χ2n) is 4.57. The Labute approximate surface area is 108 Å². The third-order valence-electron chi connectivity index (χ3n) is 2.83. The number of unbranched alkanes of at least 4 members (excludes halogenated alkanes) is 1.